The Hall–Kier alpha value is -1.17. The molecule has 1 aliphatic rings. The van der Waals surface area contributed by atoms with Crippen molar-refractivity contribution in [2.45, 2.75) is 58.4 Å². The smallest absolute Gasteiger partial charge is 0.285 e. The number of piperidine rings is 1. The number of rotatable bonds is 6. The first-order chi connectivity index (χ1) is 9.76. The predicted octanol–water partition coefficient (Wildman–Crippen LogP) is 3.15. The summed E-state index contributed by atoms with van der Waals surface area (Å²) in [6.45, 7) is 6.00. The minimum absolute atomic E-state index is 0.0604. The lowest BCUT2D eigenvalue weighted by atomic mass is 9.98. The Balaban J connectivity index is 2.02. The molecule has 5 nitrogen and oxygen atoms in total. The van der Waals surface area contributed by atoms with Gasteiger partial charge in [0.25, 0.3) is 5.91 Å². The number of carbonyl (C=O) groups excluding carboxylic acids is 1. The first-order valence-corrected chi connectivity index (χ1v) is 8.46. The monoisotopic (exact) mass is 296 g/mol. The minimum atomic E-state index is 0.0604. The fourth-order valence-corrected chi connectivity index (χ4v) is 3.36. The van der Waals surface area contributed by atoms with Crippen molar-refractivity contribution in [1.29, 1.82) is 0 Å². The lowest BCUT2D eigenvalue weighted by Crippen LogP contribution is -2.43. The summed E-state index contributed by atoms with van der Waals surface area (Å²) in [4.78, 5) is 14.6. The van der Waals surface area contributed by atoms with Gasteiger partial charge in [-0.15, -0.1) is 10.2 Å². The molecule has 0 radical (unpaired) electrons. The number of nitrogens with one attached hydrogen (secondary N) is 1. The van der Waals surface area contributed by atoms with Crippen molar-refractivity contribution in [3.8, 4) is 0 Å². The fourth-order valence-electron chi connectivity index (χ4n) is 2.64. The van der Waals surface area contributed by atoms with Gasteiger partial charge in [-0.1, -0.05) is 31.6 Å². The minimum Gasteiger partial charge on any atom is -0.360 e. The number of nitrogens with zero attached hydrogens (tertiary/aromatic N) is 3. The topological polar surface area (TPSA) is 58.1 Å². The molecule has 1 unspecified atom stereocenters. The normalized spacial score (nSPS) is 19.1. The van der Waals surface area contributed by atoms with Crippen molar-refractivity contribution < 1.29 is 4.79 Å². The van der Waals surface area contributed by atoms with E-state index < -0.39 is 0 Å². The number of hydrogen-bond acceptors (Lipinski definition) is 5. The van der Waals surface area contributed by atoms with E-state index in [0.29, 0.717) is 11.0 Å². The van der Waals surface area contributed by atoms with Crippen molar-refractivity contribution >= 4 is 22.4 Å². The van der Waals surface area contributed by atoms with Crippen LogP contribution < -0.4 is 5.32 Å². The highest BCUT2D eigenvalue weighted by atomic mass is 32.1. The average molecular weight is 296 g/mol. The molecule has 6 heteroatoms. The molecular weight excluding hydrogens is 272 g/mol. The van der Waals surface area contributed by atoms with Gasteiger partial charge in [-0.2, -0.15) is 0 Å². The number of amides is 1. The maximum Gasteiger partial charge on any atom is 0.285 e. The molecule has 0 spiro atoms. The molecule has 2 heterocycles. The molecule has 1 aromatic heterocycles. The van der Waals surface area contributed by atoms with Crippen LogP contribution in [0.25, 0.3) is 0 Å². The second kappa shape index (κ2) is 7.57. The summed E-state index contributed by atoms with van der Waals surface area (Å²) in [6, 6.07) is 0.386. The van der Waals surface area contributed by atoms with Crippen molar-refractivity contribution in [3.63, 3.8) is 0 Å². The number of likely N-dealkylation sites (tertiary alicyclic amines) is 1. The van der Waals surface area contributed by atoms with E-state index in [2.05, 4.69) is 29.4 Å². The maximum atomic E-state index is 12.6. The summed E-state index contributed by atoms with van der Waals surface area (Å²) in [5.74, 6) is 0.0604. The number of hydrogen-bond donors (Lipinski definition) is 1. The summed E-state index contributed by atoms with van der Waals surface area (Å²) in [6.07, 6.45) is 6.70. The van der Waals surface area contributed by atoms with Gasteiger partial charge in [-0.3, -0.25) is 4.79 Å². The third kappa shape index (κ3) is 3.69. The summed E-state index contributed by atoms with van der Waals surface area (Å²) < 4.78 is 0. The van der Waals surface area contributed by atoms with Crippen molar-refractivity contribution in [1.82, 2.24) is 15.1 Å². The van der Waals surface area contributed by atoms with E-state index in [9.17, 15) is 4.79 Å². The lowest BCUT2D eigenvalue weighted by Gasteiger charge is -2.35. The molecule has 1 fully saturated rings. The molecule has 0 aromatic carbocycles. The zero-order valence-corrected chi connectivity index (χ0v) is 13.2. The van der Waals surface area contributed by atoms with E-state index in [4.69, 9.17) is 0 Å². The predicted molar refractivity (Wildman–Crippen MR) is 82.3 cm³/mol. The van der Waals surface area contributed by atoms with E-state index in [1.54, 1.807) is 0 Å². The molecule has 20 heavy (non-hydrogen) atoms. The van der Waals surface area contributed by atoms with Crippen LogP contribution in [0.2, 0.25) is 0 Å². The molecule has 1 aromatic rings. The molecule has 1 N–H and O–H groups in total. The average Bonchev–Trinajstić information content (AvgIpc) is 2.94. The second-order valence-corrected chi connectivity index (χ2v) is 6.25. The van der Waals surface area contributed by atoms with Crippen LogP contribution in [0.1, 0.15) is 62.2 Å². The lowest BCUT2D eigenvalue weighted by molar-refractivity contribution is 0.0599. The van der Waals surface area contributed by atoms with Gasteiger partial charge in [-0.25, -0.2) is 0 Å². The maximum absolute atomic E-state index is 12.6. The van der Waals surface area contributed by atoms with Crippen LogP contribution in [0, 0.1) is 0 Å². The Morgan fingerprint density at radius 3 is 2.95 bits per heavy atom. The van der Waals surface area contributed by atoms with Crippen LogP contribution in [-0.4, -0.2) is 40.1 Å². The van der Waals surface area contributed by atoms with E-state index in [1.165, 1.54) is 17.8 Å². The highest BCUT2D eigenvalue weighted by molar-refractivity contribution is 7.17. The van der Waals surface area contributed by atoms with E-state index in [-0.39, 0.29) is 5.91 Å². The van der Waals surface area contributed by atoms with Crippen LogP contribution in [0.3, 0.4) is 0 Å². The van der Waals surface area contributed by atoms with Gasteiger partial charge in [0.2, 0.25) is 10.1 Å². The zero-order chi connectivity index (χ0) is 14.4. The Morgan fingerprint density at radius 1 is 1.35 bits per heavy atom. The fraction of sp³-hybridized carbons (Fsp3) is 0.786. The van der Waals surface area contributed by atoms with Gasteiger partial charge in [0, 0.05) is 19.1 Å². The van der Waals surface area contributed by atoms with Gasteiger partial charge in [0.15, 0.2) is 0 Å². The molecule has 2 rings (SSSR count). The van der Waals surface area contributed by atoms with Crippen LogP contribution >= 0.6 is 11.3 Å². The van der Waals surface area contributed by atoms with Gasteiger partial charge in [0.1, 0.15) is 0 Å². The summed E-state index contributed by atoms with van der Waals surface area (Å²) in [5.41, 5.74) is 0. The first-order valence-electron chi connectivity index (χ1n) is 7.64. The van der Waals surface area contributed by atoms with Gasteiger partial charge < -0.3 is 10.2 Å². The SMILES string of the molecule is CCCNc1nnc(C(=O)N2CCCCC2CCC)s1. The molecule has 1 atom stereocenters. The Kier molecular flexibility index (Phi) is 5.76. The van der Waals surface area contributed by atoms with Crippen LogP contribution in [0.5, 0.6) is 0 Å². The van der Waals surface area contributed by atoms with Gasteiger partial charge in [0.05, 0.1) is 0 Å². The standard InChI is InChI=1S/C14H24N4OS/c1-3-7-11-8-5-6-10-18(11)13(19)12-16-17-14(20-12)15-9-4-2/h11H,3-10H2,1-2H3,(H,15,17). The third-order valence-corrected chi connectivity index (χ3v) is 4.51. The van der Waals surface area contributed by atoms with E-state index in [0.717, 1.165) is 50.3 Å². The summed E-state index contributed by atoms with van der Waals surface area (Å²) in [7, 11) is 0. The molecule has 1 amide bonds. The molecule has 0 aliphatic carbocycles. The van der Waals surface area contributed by atoms with Crippen molar-refractivity contribution in [3.05, 3.63) is 5.01 Å². The molecule has 1 aliphatic heterocycles. The quantitative estimate of drug-likeness (QED) is 0.876. The van der Waals surface area contributed by atoms with Crippen LogP contribution in [-0.2, 0) is 0 Å². The Morgan fingerprint density at radius 2 is 2.20 bits per heavy atom. The Labute approximate surface area is 124 Å². The first kappa shape index (κ1) is 15.2. The molecule has 0 saturated carbocycles. The number of carbonyl (C=O) groups is 1. The molecule has 1 saturated heterocycles. The Bertz CT molecular complexity index is 433. The number of aromatic nitrogens is 2. The van der Waals surface area contributed by atoms with Crippen molar-refractivity contribution in [2.24, 2.45) is 0 Å². The zero-order valence-electron chi connectivity index (χ0n) is 12.4. The summed E-state index contributed by atoms with van der Waals surface area (Å²) >= 11 is 1.37. The number of anilines is 1. The second-order valence-electron chi connectivity index (χ2n) is 5.28. The molecule has 0 bridgehead atoms. The van der Waals surface area contributed by atoms with Crippen LogP contribution in [0.15, 0.2) is 0 Å². The van der Waals surface area contributed by atoms with Gasteiger partial charge >= 0.3 is 0 Å². The van der Waals surface area contributed by atoms with Gasteiger partial charge in [-0.05, 0) is 32.1 Å². The molecule has 112 valence electrons. The largest absolute Gasteiger partial charge is 0.360 e. The van der Waals surface area contributed by atoms with Crippen LogP contribution in [0.4, 0.5) is 5.13 Å². The summed E-state index contributed by atoms with van der Waals surface area (Å²) in [5, 5.41) is 12.6. The highest BCUT2D eigenvalue weighted by Gasteiger charge is 2.28. The van der Waals surface area contributed by atoms with E-state index >= 15 is 0 Å². The third-order valence-electron chi connectivity index (χ3n) is 3.64. The van der Waals surface area contributed by atoms with E-state index in [1.807, 2.05) is 4.90 Å². The van der Waals surface area contributed by atoms with Crippen molar-refractivity contribution in [2.75, 3.05) is 18.4 Å². The molecular formula is C14H24N4OS. The highest BCUT2D eigenvalue weighted by Crippen LogP contribution is 2.25.